The van der Waals surface area contributed by atoms with Crippen LogP contribution in [0.1, 0.15) is 13.8 Å². The quantitative estimate of drug-likeness (QED) is 0.861. The van der Waals surface area contributed by atoms with Crippen LogP contribution >= 0.6 is 0 Å². The minimum Gasteiger partial charge on any atom is -0.373 e. The molecule has 1 saturated heterocycles. The summed E-state index contributed by atoms with van der Waals surface area (Å²) in [5.74, 6) is -0.173. The summed E-state index contributed by atoms with van der Waals surface area (Å²) >= 11 is 0. The summed E-state index contributed by atoms with van der Waals surface area (Å²) in [4.78, 5) is 30.7. The molecule has 2 atom stereocenters. The molecule has 134 valence electrons. The molecule has 1 aliphatic heterocycles. The van der Waals surface area contributed by atoms with E-state index in [0.717, 1.165) is 19.6 Å². The first kappa shape index (κ1) is 17.6. The lowest BCUT2D eigenvalue weighted by Crippen LogP contribution is -2.48. The number of nitrogens with zero attached hydrogens (tertiary/aromatic N) is 3. The van der Waals surface area contributed by atoms with Crippen molar-refractivity contribution in [2.45, 2.75) is 32.6 Å². The molecule has 7 heteroatoms. The fraction of sp³-hybridized carbons (Fsp3) is 0.500. The van der Waals surface area contributed by atoms with E-state index in [1.54, 1.807) is 6.07 Å². The van der Waals surface area contributed by atoms with Crippen LogP contribution in [0, 0.1) is 0 Å². The predicted octanol–water partition coefficient (Wildman–Crippen LogP) is 0.622. The van der Waals surface area contributed by atoms with Gasteiger partial charge in [0.2, 0.25) is 5.91 Å². The van der Waals surface area contributed by atoms with E-state index in [-0.39, 0.29) is 30.2 Å². The fourth-order valence-electron chi connectivity index (χ4n) is 3.30. The third-order valence-electron chi connectivity index (χ3n) is 4.30. The Labute approximate surface area is 146 Å². The molecule has 7 nitrogen and oxygen atoms in total. The van der Waals surface area contributed by atoms with Gasteiger partial charge in [0, 0.05) is 26.2 Å². The second-order valence-electron chi connectivity index (χ2n) is 6.54. The molecule has 1 aromatic carbocycles. The number of carbonyl (C=O) groups excluding carboxylic acids is 1. The lowest BCUT2D eigenvalue weighted by Gasteiger charge is -2.35. The minimum absolute atomic E-state index is 0.00220. The van der Waals surface area contributed by atoms with Gasteiger partial charge < -0.3 is 10.1 Å². The Morgan fingerprint density at radius 1 is 1.28 bits per heavy atom. The molecule has 3 rings (SSSR count). The number of fused-ring (bicyclic) bond motifs is 1. The smallest absolute Gasteiger partial charge is 0.269 e. The van der Waals surface area contributed by atoms with Crippen molar-refractivity contribution in [3.05, 3.63) is 40.8 Å². The minimum atomic E-state index is -0.273. The highest BCUT2D eigenvalue weighted by Crippen LogP contribution is 2.10. The van der Waals surface area contributed by atoms with Crippen LogP contribution in [-0.2, 0) is 16.1 Å². The number of para-hydroxylation sites is 2. The first-order valence-electron chi connectivity index (χ1n) is 8.62. The Morgan fingerprint density at radius 3 is 2.76 bits per heavy atom. The van der Waals surface area contributed by atoms with Gasteiger partial charge in [-0.3, -0.25) is 19.1 Å². The van der Waals surface area contributed by atoms with Gasteiger partial charge in [-0.25, -0.2) is 4.98 Å². The number of morpholine rings is 1. The molecule has 1 aliphatic rings. The molecule has 2 aromatic rings. The van der Waals surface area contributed by atoms with Crippen molar-refractivity contribution in [1.29, 1.82) is 0 Å². The van der Waals surface area contributed by atoms with E-state index in [2.05, 4.69) is 29.0 Å². The second kappa shape index (κ2) is 7.76. The van der Waals surface area contributed by atoms with E-state index in [4.69, 9.17) is 4.74 Å². The van der Waals surface area contributed by atoms with Gasteiger partial charge in [-0.05, 0) is 26.0 Å². The Bertz CT molecular complexity index is 794. The van der Waals surface area contributed by atoms with Crippen molar-refractivity contribution < 1.29 is 9.53 Å². The van der Waals surface area contributed by atoms with Crippen LogP contribution in [0.25, 0.3) is 11.0 Å². The van der Waals surface area contributed by atoms with E-state index in [1.807, 2.05) is 18.2 Å². The number of amides is 1. The number of aromatic nitrogens is 2. The van der Waals surface area contributed by atoms with Gasteiger partial charge in [0.25, 0.3) is 5.56 Å². The van der Waals surface area contributed by atoms with Crippen molar-refractivity contribution in [2.24, 2.45) is 0 Å². The molecule has 1 fully saturated rings. The maximum Gasteiger partial charge on any atom is 0.269 e. The Kier molecular flexibility index (Phi) is 5.45. The van der Waals surface area contributed by atoms with E-state index in [1.165, 1.54) is 10.8 Å². The van der Waals surface area contributed by atoms with E-state index in [9.17, 15) is 9.59 Å². The summed E-state index contributed by atoms with van der Waals surface area (Å²) in [6.07, 6.45) is 1.67. The SMILES string of the molecule is CC1CN(CCNC(=O)Cn2c(=O)cnc3ccccc32)CC(C)O1. The molecule has 1 aromatic heterocycles. The van der Waals surface area contributed by atoms with E-state index >= 15 is 0 Å². The summed E-state index contributed by atoms with van der Waals surface area (Å²) < 4.78 is 7.16. The molecule has 2 heterocycles. The number of ether oxygens (including phenoxy) is 1. The van der Waals surface area contributed by atoms with Crippen LogP contribution < -0.4 is 10.9 Å². The van der Waals surface area contributed by atoms with Crippen molar-refractivity contribution in [3.63, 3.8) is 0 Å². The van der Waals surface area contributed by atoms with Crippen molar-refractivity contribution >= 4 is 16.9 Å². The van der Waals surface area contributed by atoms with Gasteiger partial charge in [-0.2, -0.15) is 0 Å². The molecular weight excluding hydrogens is 320 g/mol. The summed E-state index contributed by atoms with van der Waals surface area (Å²) in [6, 6.07) is 7.31. The van der Waals surface area contributed by atoms with Gasteiger partial charge >= 0.3 is 0 Å². The Balaban J connectivity index is 1.57. The molecule has 0 saturated carbocycles. The number of benzene rings is 1. The van der Waals surface area contributed by atoms with Crippen LogP contribution in [0.2, 0.25) is 0 Å². The van der Waals surface area contributed by atoms with Crippen molar-refractivity contribution in [2.75, 3.05) is 26.2 Å². The van der Waals surface area contributed by atoms with Crippen molar-refractivity contribution in [1.82, 2.24) is 19.8 Å². The van der Waals surface area contributed by atoms with Crippen molar-refractivity contribution in [3.8, 4) is 0 Å². The van der Waals surface area contributed by atoms with Gasteiger partial charge in [0.05, 0.1) is 29.4 Å². The molecule has 25 heavy (non-hydrogen) atoms. The molecule has 1 amide bonds. The maximum atomic E-state index is 12.2. The summed E-state index contributed by atoms with van der Waals surface area (Å²) in [5, 5.41) is 2.90. The summed E-state index contributed by atoms with van der Waals surface area (Å²) in [6.45, 7) is 7.18. The second-order valence-corrected chi connectivity index (χ2v) is 6.54. The normalized spacial score (nSPS) is 21.4. The zero-order valence-corrected chi connectivity index (χ0v) is 14.6. The summed E-state index contributed by atoms with van der Waals surface area (Å²) in [5.41, 5.74) is 1.09. The standard InChI is InChI=1S/C18H24N4O3/c1-13-10-21(11-14(2)25-13)8-7-19-17(23)12-22-16-6-4-3-5-15(16)20-9-18(22)24/h3-6,9,13-14H,7-8,10-12H2,1-2H3,(H,19,23). The molecule has 0 radical (unpaired) electrons. The highest BCUT2D eigenvalue weighted by Gasteiger charge is 2.21. The zero-order chi connectivity index (χ0) is 17.8. The molecule has 0 bridgehead atoms. The first-order valence-corrected chi connectivity index (χ1v) is 8.62. The monoisotopic (exact) mass is 344 g/mol. The lowest BCUT2D eigenvalue weighted by atomic mass is 10.2. The van der Waals surface area contributed by atoms with Crippen LogP contribution in [0.5, 0.6) is 0 Å². The maximum absolute atomic E-state index is 12.2. The average Bonchev–Trinajstić information content (AvgIpc) is 2.57. The zero-order valence-electron chi connectivity index (χ0n) is 14.6. The third-order valence-corrected chi connectivity index (χ3v) is 4.30. The summed E-state index contributed by atoms with van der Waals surface area (Å²) in [7, 11) is 0. The highest BCUT2D eigenvalue weighted by molar-refractivity contribution is 5.79. The molecule has 0 aliphatic carbocycles. The molecule has 2 unspecified atom stereocenters. The van der Waals surface area contributed by atoms with Crippen LogP contribution in [0.3, 0.4) is 0 Å². The number of nitrogens with one attached hydrogen (secondary N) is 1. The van der Waals surface area contributed by atoms with Crippen LogP contribution in [0.15, 0.2) is 35.3 Å². The fourth-order valence-corrected chi connectivity index (χ4v) is 3.30. The Morgan fingerprint density at radius 2 is 2.00 bits per heavy atom. The number of carbonyl (C=O) groups is 1. The first-order chi connectivity index (χ1) is 12.0. The third kappa shape index (κ3) is 4.43. The van der Waals surface area contributed by atoms with Gasteiger partial charge in [-0.15, -0.1) is 0 Å². The van der Waals surface area contributed by atoms with Crippen LogP contribution in [0.4, 0.5) is 0 Å². The van der Waals surface area contributed by atoms with Gasteiger partial charge in [0.15, 0.2) is 0 Å². The largest absolute Gasteiger partial charge is 0.373 e. The van der Waals surface area contributed by atoms with Gasteiger partial charge in [-0.1, -0.05) is 12.1 Å². The van der Waals surface area contributed by atoms with E-state index < -0.39 is 0 Å². The average molecular weight is 344 g/mol. The number of hydrogen-bond donors (Lipinski definition) is 1. The topological polar surface area (TPSA) is 76.5 Å². The predicted molar refractivity (Wildman–Crippen MR) is 95.5 cm³/mol. The molecule has 0 spiro atoms. The Hall–Kier alpha value is -2.25. The molecule has 1 N–H and O–H groups in total. The number of hydrogen-bond acceptors (Lipinski definition) is 5. The lowest BCUT2D eigenvalue weighted by molar-refractivity contribution is -0.121. The van der Waals surface area contributed by atoms with E-state index in [0.29, 0.717) is 17.6 Å². The van der Waals surface area contributed by atoms with Crippen LogP contribution in [-0.4, -0.2) is 58.7 Å². The molecular formula is C18H24N4O3. The highest BCUT2D eigenvalue weighted by atomic mass is 16.5. The van der Waals surface area contributed by atoms with Gasteiger partial charge in [0.1, 0.15) is 6.54 Å². The number of rotatable bonds is 5.